The van der Waals surface area contributed by atoms with Gasteiger partial charge in [-0.25, -0.2) is 4.98 Å². The second kappa shape index (κ2) is 5.69. The predicted octanol–water partition coefficient (Wildman–Crippen LogP) is 2.75. The first-order valence-corrected chi connectivity index (χ1v) is 6.16. The van der Waals surface area contributed by atoms with Gasteiger partial charge in [-0.15, -0.1) is 0 Å². The van der Waals surface area contributed by atoms with Crippen LogP contribution >= 0.6 is 0 Å². The molecule has 0 bridgehead atoms. The fraction of sp³-hybridized carbons (Fsp3) is 0.357. The summed E-state index contributed by atoms with van der Waals surface area (Å²) in [6.07, 6.45) is 3.84. The van der Waals surface area contributed by atoms with Gasteiger partial charge in [-0.3, -0.25) is 0 Å². The highest BCUT2D eigenvalue weighted by Crippen LogP contribution is 2.18. The lowest BCUT2D eigenvalue weighted by molar-refractivity contribution is 0.339. The van der Waals surface area contributed by atoms with E-state index in [9.17, 15) is 0 Å². The van der Waals surface area contributed by atoms with Gasteiger partial charge in [0.2, 0.25) is 5.95 Å². The third-order valence-electron chi connectivity index (χ3n) is 2.80. The Morgan fingerprint density at radius 1 is 1.28 bits per heavy atom. The molecule has 0 fully saturated rings. The number of hydrogen-bond donors (Lipinski definition) is 1. The van der Waals surface area contributed by atoms with Crippen LogP contribution < -0.4 is 5.32 Å². The largest absolute Gasteiger partial charge is 0.326 e. The van der Waals surface area contributed by atoms with E-state index in [1.807, 2.05) is 42.7 Å². The Morgan fingerprint density at radius 2 is 2.00 bits per heavy atom. The Kier molecular flexibility index (Phi) is 3.99. The quantitative estimate of drug-likeness (QED) is 0.878. The average Bonchev–Trinajstić information content (AvgIpc) is 2.77. The molecule has 0 aliphatic rings. The van der Waals surface area contributed by atoms with Gasteiger partial charge in [0.1, 0.15) is 0 Å². The summed E-state index contributed by atoms with van der Waals surface area (Å²) in [5.41, 5.74) is 1.06. The summed E-state index contributed by atoms with van der Waals surface area (Å²) >= 11 is 0. The molecule has 1 unspecified atom stereocenters. The Bertz CT molecular complexity index is 476. The zero-order valence-corrected chi connectivity index (χ0v) is 11.2. The number of nitrogens with one attached hydrogen (secondary N) is 1. The molecule has 4 nitrogen and oxygen atoms in total. The molecule has 0 aliphatic heterocycles. The van der Waals surface area contributed by atoms with Crippen LogP contribution in [0.1, 0.15) is 13.0 Å². The van der Waals surface area contributed by atoms with Gasteiger partial charge in [-0.1, -0.05) is 18.2 Å². The van der Waals surface area contributed by atoms with Crippen LogP contribution in [-0.4, -0.2) is 35.1 Å². The van der Waals surface area contributed by atoms with Crippen LogP contribution in [0.4, 0.5) is 11.6 Å². The maximum absolute atomic E-state index is 4.37. The van der Waals surface area contributed by atoms with E-state index in [4.69, 9.17) is 0 Å². The minimum absolute atomic E-state index is 0.383. The summed E-state index contributed by atoms with van der Waals surface area (Å²) in [5.74, 6) is 0.885. The first kappa shape index (κ1) is 12.6. The number of hydrogen-bond acceptors (Lipinski definition) is 3. The summed E-state index contributed by atoms with van der Waals surface area (Å²) in [6, 6.07) is 10.5. The molecular weight excluding hydrogens is 224 g/mol. The van der Waals surface area contributed by atoms with Crippen molar-refractivity contribution in [1.29, 1.82) is 0 Å². The average molecular weight is 244 g/mol. The maximum atomic E-state index is 4.37. The van der Waals surface area contributed by atoms with Crippen molar-refractivity contribution in [3.05, 3.63) is 42.7 Å². The van der Waals surface area contributed by atoms with Crippen molar-refractivity contribution in [2.45, 2.75) is 13.0 Å². The standard InChI is InChI=1S/C14H20N4/c1-12(11-17(2)3)18-10-9-15-14(18)16-13-7-5-4-6-8-13/h4-10,12H,11H2,1-3H3,(H,15,16). The Morgan fingerprint density at radius 3 is 2.67 bits per heavy atom. The number of imidazole rings is 1. The first-order chi connectivity index (χ1) is 8.66. The molecule has 0 amide bonds. The van der Waals surface area contributed by atoms with Crippen LogP contribution in [0.3, 0.4) is 0 Å². The van der Waals surface area contributed by atoms with Gasteiger partial charge in [-0.05, 0) is 33.2 Å². The number of para-hydroxylation sites is 1. The number of anilines is 2. The van der Waals surface area contributed by atoms with Crippen molar-refractivity contribution in [3.63, 3.8) is 0 Å². The minimum Gasteiger partial charge on any atom is -0.326 e. The molecule has 4 heteroatoms. The second-order valence-corrected chi connectivity index (χ2v) is 4.76. The SMILES string of the molecule is CC(CN(C)C)n1ccnc1Nc1ccccc1. The molecule has 96 valence electrons. The molecule has 1 heterocycles. The van der Waals surface area contributed by atoms with Gasteiger partial charge in [0.05, 0.1) is 0 Å². The van der Waals surface area contributed by atoms with E-state index in [2.05, 4.69) is 40.8 Å². The van der Waals surface area contributed by atoms with E-state index in [1.165, 1.54) is 0 Å². The second-order valence-electron chi connectivity index (χ2n) is 4.76. The highest BCUT2D eigenvalue weighted by atomic mass is 15.2. The van der Waals surface area contributed by atoms with Crippen LogP contribution in [0.25, 0.3) is 0 Å². The minimum atomic E-state index is 0.383. The molecule has 0 saturated heterocycles. The van der Waals surface area contributed by atoms with Gasteiger partial charge in [0, 0.05) is 30.7 Å². The van der Waals surface area contributed by atoms with Gasteiger partial charge in [-0.2, -0.15) is 0 Å². The molecule has 2 rings (SSSR count). The van der Waals surface area contributed by atoms with E-state index in [-0.39, 0.29) is 0 Å². The maximum Gasteiger partial charge on any atom is 0.207 e. The van der Waals surface area contributed by atoms with Crippen LogP contribution in [-0.2, 0) is 0 Å². The third kappa shape index (κ3) is 3.11. The van der Waals surface area contributed by atoms with Crippen molar-refractivity contribution in [2.24, 2.45) is 0 Å². The van der Waals surface area contributed by atoms with Crippen molar-refractivity contribution >= 4 is 11.6 Å². The molecule has 1 aromatic heterocycles. The molecule has 2 aromatic rings. The van der Waals surface area contributed by atoms with Gasteiger partial charge in [0.15, 0.2) is 0 Å². The Balaban J connectivity index is 2.13. The van der Waals surface area contributed by atoms with Gasteiger partial charge in [0.25, 0.3) is 0 Å². The molecule has 0 aliphatic carbocycles. The zero-order chi connectivity index (χ0) is 13.0. The van der Waals surface area contributed by atoms with Crippen LogP contribution in [0.2, 0.25) is 0 Å². The van der Waals surface area contributed by atoms with E-state index in [1.54, 1.807) is 0 Å². The van der Waals surface area contributed by atoms with E-state index in [0.717, 1.165) is 18.2 Å². The van der Waals surface area contributed by atoms with Crippen molar-refractivity contribution in [3.8, 4) is 0 Å². The summed E-state index contributed by atoms with van der Waals surface area (Å²) in [5, 5.41) is 3.34. The lowest BCUT2D eigenvalue weighted by Gasteiger charge is -2.20. The number of nitrogens with zero attached hydrogens (tertiary/aromatic N) is 3. The van der Waals surface area contributed by atoms with Crippen LogP contribution in [0.5, 0.6) is 0 Å². The molecule has 18 heavy (non-hydrogen) atoms. The predicted molar refractivity (Wildman–Crippen MR) is 75.2 cm³/mol. The molecular formula is C14H20N4. The molecule has 0 radical (unpaired) electrons. The summed E-state index contributed by atoms with van der Waals surface area (Å²) in [6.45, 7) is 3.18. The van der Waals surface area contributed by atoms with E-state index < -0.39 is 0 Å². The lowest BCUT2D eigenvalue weighted by Crippen LogP contribution is -2.22. The van der Waals surface area contributed by atoms with Crippen molar-refractivity contribution in [1.82, 2.24) is 14.5 Å². The smallest absolute Gasteiger partial charge is 0.207 e. The molecule has 1 atom stereocenters. The Labute approximate surface area is 108 Å². The molecule has 0 saturated carbocycles. The zero-order valence-electron chi connectivity index (χ0n) is 11.2. The van der Waals surface area contributed by atoms with Crippen LogP contribution in [0, 0.1) is 0 Å². The molecule has 1 aromatic carbocycles. The van der Waals surface area contributed by atoms with E-state index in [0.29, 0.717) is 6.04 Å². The summed E-state index contributed by atoms with van der Waals surface area (Å²) in [7, 11) is 4.16. The molecule has 1 N–H and O–H groups in total. The number of aromatic nitrogens is 2. The monoisotopic (exact) mass is 244 g/mol. The van der Waals surface area contributed by atoms with Crippen molar-refractivity contribution < 1.29 is 0 Å². The summed E-state index contributed by atoms with van der Waals surface area (Å²) in [4.78, 5) is 6.55. The van der Waals surface area contributed by atoms with Gasteiger partial charge >= 0.3 is 0 Å². The highest BCUT2D eigenvalue weighted by Gasteiger charge is 2.10. The number of likely N-dealkylation sites (N-methyl/N-ethyl adjacent to an activating group) is 1. The number of benzene rings is 1. The summed E-state index contributed by atoms with van der Waals surface area (Å²) < 4.78 is 2.16. The van der Waals surface area contributed by atoms with Crippen LogP contribution in [0.15, 0.2) is 42.7 Å². The number of rotatable bonds is 5. The highest BCUT2D eigenvalue weighted by molar-refractivity contribution is 5.53. The fourth-order valence-corrected chi connectivity index (χ4v) is 2.03. The Hall–Kier alpha value is -1.81. The van der Waals surface area contributed by atoms with E-state index >= 15 is 0 Å². The molecule has 0 spiro atoms. The topological polar surface area (TPSA) is 33.1 Å². The lowest BCUT2D eigenvalue weighted by atomic mass is 10.3. The fourth-order valence-electron chi connectivity index (χ4n) is 2.03. The normalized spacial score (nSPS) is 12.7. The van der Waals surface area contributed by atoms with Crippen molar-refractivity contribution in [2.75, 3.05) is 26.0 Å². The van der Waals surface area contributed by atoms with Gasteiger partial charge < -0.3 is 14.8 Å². The third-order valence-corrected chi connectivity index (χ3v) is 2.80. The first-order valence-electron chi connectivity index (χ1n) is 6.16.